The number of aliphatic hydroxyl groups is 1. The maximum Gasteiger partial charge on any atom is 0.134 e. The molecule has 0 saturated carbocycles. The summed E-state index contributed by atoms with van der Waals surface area (Å²) in [5.74, 6) is 1.25. The van der Waals surface area contributed by atoms with E-state index in [0.29, 0.717) is 33.2 Å². The lowest BCUT2D eigenvalue weighted by atomic mass is 9.92. The van der Waals surface area contributed by atoms with Crippen molar-refractivity contribution in [2.45, 2.75) is 10.7 Å². The Labute approximate surface area is 222 Å². The second-order valence-electron chi connectivity index (χ2n) is 7.52. The highest BCUT2D eigenvalue weighted by Crippen LogP contribution is 2.41. The van der Waals surface area contributed by atoms with Crippen LogP contribution >= 0.6 is 46.7 Å². The van der Waals surface area contributed by atoms with Crippen molar-refractivity contribution in [3.8, 4) is 11.8 Å². The van der Waals surface area contributed by atoms with Crippen molar-refractivity contribution in [1.29, 1.82) is 5.26 Å². The third-order valence-corrected chi connectivity index (χ3v) is 8.03. The molecule has 4 N–H and O–H groups in total. The Balaban J connectivity index is 1.51. The molecule has 2 aliphatic heterocycles. The minimum absolute atomic E-state index is 0.0687. The van der Waals surface area contributed by atoms with E-state index in [1.807, 2.05) is 36.4 Å². The van der Waals surface area contributed by atoms with Crippen LogP contribution in [0.5, 0.6) is 5.75 Å². The number of dihydropyridines is 1. The number of ether oxygens (including phenoxy) is 1. The zero-order chi connectivity index (χ0) is 24.8. The van der Waals surface area contributed by atoms with Crippen LogP contribution in [-0.4, -0.2) is 34.6 Å². The smallest absolute Gasteiger partial charge is 0.134 e. The first-order chi connectivity index (χ1) is 17.0. The second-order valence-corrected chi connectivity index (χ2v) is 10.4. The third kappa shape index (κ3) is 6.00. The van der Waals surface area contributed by atoms with Gasteiger partial charge in [0.25, 0.3) is 0 Å². The molecule has 2 aromatic rings. The summed E-state index contributed by atoms with van der Waals surface area (Å²) in [6, 6.07) is 17.3. The van der Waals surface area contributed by atoms with Gasteiger partial charge in [0.2, 0.25) is 0 Å². The number of rotatable bonds is 8. The average Bonchev–Trinajstić information content (AvgIpc) is 3.35. The SMILES string of the molecule is N#CC1=C(c2ccc(OCCO)cc2)C(=CN)C(Cl)=NC1SCC1=CSC(c2ccc(Cl)cc2)N1. The van der Waals surface area contributed by atoms with Gasteiger partial charge in [-0.3, -0.25) is 4.99 Å². The summed E-state index contributed by atoms with van der Waals surface area (Å²) >= 11 is 15.7. The van der Waals surface area contributed by atoms with E-state index in [1.165, 1.54) is 18.0 Å². The third-order valence-electron chi connectivity index (χ3n) is 5.26. The number of nitrogens with zero attached hydrogens (tertiary/aromatic N) is 2. The standard InChI is InChI=1S/C25H22Cl2N4O2S2/c26-17-5-1-16(2-6-17)24-30-18(13-34-24)14-35-25-21(12-29)22(20(11-28)23(27)31-25)15-3-7-19(8-4-15)33-10-9-32/h1-8,11,13,24-25,30,32H,9-10,14,28H2. The number of nitrogens with two attached hydrogens (primary N) is 1. The minimum Gasteiger partial charge on any atom is -0.491 e. The van der Waals surface area contributed by atoms with Crippen molar-refractivity contribution in [3.63, 3.8) is 0 Å². The fourth-order valence-corrected chi connectivity index (χ4v) is 6.17. The van der Waals surface area contributed by atoms with E-state index in [1.54, 1.807) is 23.9 Å². The van der Waals surface area contributed by atoms with Gasteiger partial charge in [-0.1, -0.05) is 47.5 Å². The van der Waals surface area contributed by atoms with Gasteiger partial charge in [0.15, 0.2) is 0 Å². The van der Waals surface area contributed by atoms with E-state index in [4.69, 9.17) is 38.8 Å². The van der Waals surface area contributed by atoms with E-state index in [9.17, 15) is 5.26 Å². The number of thioether (sulfide) groups is 2. The van der Waals surface area contributed by atoms with Crippen molar-refractivity contribution in [3.05, 3.63) is 93.1 Å². The fraction of sp³-hybridized carbons (Fsp3) is 0.200. The molecule has 6 nitrogen and oxygen atoms in total. The summed E-state index contributed by atoms with van der Waals surface area (Å²) < 4.78 is 5.44. The molecule has 0 aliphatic carbocycles. The first-order valence-corrected chi connectivity index (χ1v) is 13.4. The van der Waals surface area contributed by atoms with Crippen LogP contribution < -0.4 is 15.8 Å². The van der Waals surface area contributed by atoms with Gasteiger partial charge in [0.05, 0.1) is 18.2 Å². The lowest BCUT2D eigenvalue weighted by molar-refractivity contribution is 0.201. The molecule has 0 aromatic heterocycles. The van der Waals surface area contributed by atoms with Crippen LogP contribution in [0.1, 0.15) is 16.5 Å². The predicted molar refractivity (Wildman–Crippen MR) is 146 cm³/mol. The van der Waals surface area contributed by atoms with Gasteiger partial charge in [-0.15, -0.1) is 23.5 Å². The number of nitriles is 1. The molecule has 35 heavy (non-hydrogen) atoms. The molecule has 2 aliphatic rings. The number of nitrogens with one attached hydrogen (secondary N) is 1. The van der Waals surface area contributed by atoms with Crippen LogP contribution in [-0.2, 0) is 0 Å². The maximum atomic E-state index is 10.1. The van der Waals surface area contributed by atoms with E-state index < -0.39 is 5.37 Å². The van der Waals surface area contributed by atoms with Crippen LogP contribution in [0.3, 0.4) is 0 Å². The lowest BCUT2D eigenvalue weighted by Gasteiger charge is -2.24. The molecular formula is C25H22Cl2N4O2S2. The number of hydrogen-bond acceptors (Lipinski definition) is 8. The second kappa shape index (κ2) is 11.9. The molecule has 0 bridgehead atoms. The number of aliphatic imine (C=N–C) groups is 1. The van der Waals surface area contributed by atoms with E-state index in [-0.39, 0.29) is 23.8 Å². The fourth-order valence-electron chi connectivity index (χ4n) is 3.62. The first-order valence-electron chi connectivity index (χ1n) is 10.7. The van der Waals surface area contributed by atoms with Crippen molar-refractivity contribution in [1.82, 2.24) is 5.32 Å². The van der Waals surface area contributed by atoms with Crippen LogP contribution in [0, 0.1) is 11.3 Å². The molecule has 180 valence electrons. The molecular weight excluding hydrogens is 523 g/mol. The topological polar surface area (TPSA) is 104 Å². The van der Waals surface area contributed by atoms with Gasteiger partial charge in [-0.25, -0.2) is 0 Å². The van der Waals surface area contributed by atoms with Gasteiger partial charge in [-0.2, -0.15) is 5.26 Å². The molecule has 0 saturated heterocycles. The Hall–Kier alpha value is -2.54. The number of aliphatic hydroxyl groups excluding tert-OH is 1. The summed E-state index contributed by atoms with van der Waals surface area (Å²) in [7, 11) is 0. The van der Waals surface area contributed by atoms with Crippen LogP contribution in [0.4, 0.5) is 0 Å². The summed E-state index contributed by atoms with van der Waals surface area (Å²) in [5.41, 5.74) is 10.5. The van der Waals surface area contributed by atoms with E-state index >= 15 is 0 Å². The molecule has 4 rings (SSSR count). The number of benzene rings is 2. The summed E-state index contributed by atoms with van der Waals surface area (Å²) in [4.78, 5) is 4.56. The van der Waals surface area contributed by atoms with Crippen molar-refractivity contribution < 1.29 is 9.84 Å². The van der Waals surface area contributed by atoms with Gasteiger partial charge >= 0.3 is 0 Å². The van der Waals surface area contributed by atoms with Crippen molar-refractivity contribution >= 4 is 57.5 Å². The van der Waals surface area contributed by atoms with Crippen molar-refractivity contribution in [2.24, 2.45) is 10.7 Å². The van der Waals surface area contributed by atoms with E-state index in [0.717, 1.165) is 16.8 Å². The summed E-state index contributed by atoms with van der Waals surface area (Å²) in [5, 5.41) is 25.2. The molecule has 2 atom stereocenters. The van der Waals surface area contributed by atoms with E-state index in [2.05, 4.69) is 21.8 Å². The zero-order valence-corrected chi connectivity index (χ0v) is 21.6. The Morgan fingerprint density at radius 1 is 1.20 bits per heavy atom. The first kappa shape index (κ1) is 25.5. The number of halogens is 2. The molecule has 0 spiro atoms. The molecule has 10 heteroatoms. The van der Waals surface area contributed by atoms with Gasteiger partial charge < -0.3 is 20.9 Å². The monoisotopic (exact) mass is 544 g/mol. The molecule has 2 unspecified atom stereocenters. The quantitative estimate of drug-likeness (QED) is 0.407. The number of hydrogen-bond donors (Lipinski definition) is 3. The Kier molecular flexibility index (Phi) is 8.71. The Morgan fingerprint density at radius 3 is 2.60 bits per heavy atom. The van der Waals surface area contributed by atoms with Gasteiger partial charge in [0.1, 0.15) is 28.3 Å². The molecule has 0 radical (unpaired) electrons. The zero-order valence-electron chi connectivity index (χ0n) is 18.4. The van der Waals surface area contributed by atoms with Gasteiger partial charge in [0, 0.05) is 33.8 Å². The summed E-state index contributed by atoms with van der Waals surface area (Å²) in [6.45, 7) is 0.137. The molecule has 0 fully saturated rings. The van der Waals surface area contributed by atoms with Crippen LogP contribution in [0.2, 0.25) is 5.02 Å². The van der Waals surface area contributed by atoms with Crippen molar-refractivity contribution in [2.75, 3.05) is 19.0 Å². The number of allylic oxidation sites excluding steroid dienone is 2. The predicted octanol–water partition coefficient (Wildman–Crippen LogP) is 5.42. The molecule has 2 aromatic carbocycles. The maximum absolute atomic E-state index is 10.1. The minimum atomic E-state index is -0.473. The van der Waals surface area contributed by atoms with Gasteiger partial charge in [-0.05, 0) is 40.8 Å². The highest BCUT2D eigenvalue weighted by Gasteiger charge is 2.30. The molecule has 2 heterocycles. The Bertz CT molecular complexity index is 1240. The Morgan fingerprint density at radius 2 is 1.94 bits per heavy atom. The van der Waals surface area contributed by atoms with Crippen LogP contribution in [0.15, 0.2) is 82.0 Å². The molecule has 0 amide bonds. The summed E-state index contributed by atoms with van der Waals surface area (Å²) in [6.07, 6.45) is 1.38. The lowest BCUT2D eigenvalue weighted by Crippen LogP contribution is -2.20. The van der Waals surface area contributed by atoms with Crippen LogP contribution in [0.25, 0.3) is 5.57 Å². The highest BCUT2D eigenvalue weighted by molar-refractivity contribution is 8.03. The normalized spacial score (nSPS) is 20.8. The highest BCUT2D eigenvalue weighted by atomic mass is 35.5. The average molecular weight is 546 g/mol. The largest absolute Gasteiger partial charge is 0.491 e.